The van der Waals surface area contributed by atoms with E-state index in [-0.39, 0.29) is 18.5 Å². The molecule has 1 heterocycles. The van der Waals surface area contributed by atoms with Crippen LogP contribution in [0, 0.1) is 5.82 Å². The first-order valence-corrected chi connectivity index (χ1v) is 6.59. The van der Waals surface area contributed by atoms with Crippen molar-refractivity contribution in [3.05, 3.63) is 41.3 Å². The van der Waals surface area contributed by atoms with E-state index in [1.54, 1.807) is 19.1 Å². The molecule has 20 heavy (non-hydrogen) atoms. The minimum atomic E-state index is -0.380. The normalized spacial score (nSPS) is 12.4. The summed E-state index contributed by atoms with van der Waals surface area (Å²) >= 11 is 0. The van der Waals surface area contributed by atoms with Gasteiger partial charge in [0.15, 0.2) is 12.4 Å². The van der Waals surface area contributed by atoms with Gasteiger partial charge < -0.3 is 15.0 Å². The molecule has 0 aliphatic heterocycles. The molecule has 0 aliphatic carbocycles. The molecule has 0 amide bonds. The predicted molar refractivity (Wildman–Crippen MR) is 71.6 cm³/mol. The molecule has 1 atom stereocenters. The minimum absolute atomic E-state index is 0.119. The van der Waals surface area contributed by atoms with Gasteiger partial charge in [0.2, 0.25) is 0 Å². The highest BCUT2D eigenvalue weighted by atomic mass is 19.1. The third kappa shape index (κ3) is 3.54. The van der Waals surface area contributed by atoms with Crippen molar-refractivity contribution in [2.24, 2.45) is 5.73 Å². The molecule has 2 rings (SSSR count). The molecule has 0 aliphatic rings. The first-order valence-electron chi connectivity index (χ1n) is 6.59. The van der Waals surface area contributed by atoms with Crippen molar-refractivity contribution in [1.29, 1.82) is 0 Å². The Hall–Kier alpha value is -1.95. The lowest BCUT2D eigenvalue weighted by Gasteiger charge is -2.09. The van der Waals surface area contributed by atoms with E-state index >= 15 is 0 Å². The van der Waals surface area contributed by atoms with Crippen LogP contribution in [0.3, 0.4) is 0 Å². The second kappa shape index (κ2) is 6.47. The van der Waals surface area contributed by atoms with Crippen LogP contribution in [0.15, 0.2) is 22.7 Å². The van der Waals surface area contributed by atoms with Crippen molar-refractivity contribution in [1.82, 2.24) is 10.1 Å². The summed E-state index contributed by atoms with van der Waals surface area (Å²) in [6.45, 7) is 3.88. The van der Waals surface area contributed by atoms with Crippen molar-refractivity contribution in [2.75, 3.05) is 0 Å². The fraction of sp³-hybridized carbons (Fsp3) is 0.429. The SMILES string of the molecule is CCCc1noc(COc2ccc([C@H](C)N)c(F)c2)n1. The van der Waals surface area contributed by atoms with Crippen LogP contribution in [0.2, 0.25) is 0 Å². The van der Waals surface area contributed by atoms with Crippen LogP contribution in [0.4, 0.5) is 4.39 Å². The van der Waals surface area contributed by atoms with Gasteiger partial charge in [0.1, 0.15) is 11.6 Å². The monoisotopic (exact) mass is 279 g/mol. The Labute approximate surface area is 116 Å². The molecule has 0 unspecified atom stereocenters. The van der Waals surface area contributed by atoms with E-state index in [1.165, 1.54) is 6.07 Å². The smallest absolute Gasteiger partial charge is 0.264 e. The highest BCUT2D eigenvalue weighted by Gasteiger charge is 2.10. The largest absolute Gasteiger partial charge is 0.484 e. The Morgan fingerprint density at radius 2 is 2.25 bits per heavy atom. The second-order valence-electron chi connectivity index (χ2n) is 4.62. The maximum atomic E-state index is 13.7. The summed E-state index contributed by atoms with van der Waals surface area (Å²) in [5.41, 5.74) is 6.11. The number of nitrogens with two attached hydrogens (primary N) is 1. The number of benzene rings is 1. The van der Waals surface area contributed by atoms with E-state index in [4.69, 9.17) is 15.0 Å². The summed E-state index contributed by atoms with van der Waals surface area (Å²) in [6, 6.07) is 4.25. The topological polar surface area (TPSA) is 74.2 Å². The van der Waals surface area contributed by atoms with Crippen LogP contribution < -0.4 is 10.5 Å². The molecule has 108 valence electrons. The molecule has 0 saturated carbocycles. The Kier molecular flexibility index (Phi) is 4.68. The number of nitrogens with zero attached hydrogens (tertiary/aromatic N) is 2. The highest BCUT2D eigenvalue weighted by molar-refractivity contribution is 5.30. The fourth-order valence-electron chi connectivity index (χ4n) is 1.79. The first kappa shape index (κ1) is 14.5. The van der Waals surface area contributed by atoms with E-state index in [9.17, 15) is 4.39 Å². The van der Waals surface area contributed by atoms with Crippen molar-refractivity contribution < 1.29 is 13.7 Å². The molecule has 1 aromatic carbocycles. The van der Waals surface area contributed by atoms with Crippen LogP contribution >= 0.6 is 0 Å². The Morgan fingerprint density at radius 1 is 1.45 bits per heavy atom. The summed E-state index contributed by atoms with van der Waals surface area (Å²) in [5.74, 6) is 1.06. The summed E-state index contributed by atoms with van der Waals surface area (Å²) in [4.78, 5) is 4.17. The number of aryl methyl sites for hydroxylation is 1. The number of hydrogen-bond donors (Lipinski definition) is 1. The fourth-order valence-corrected chi connectivity index (χ4v) is 1.79. The molecule has 0 bridgehead atoms. The van der Waals surface area contributed by atoms with Gasteiger partial charge in [0.05, 0.1) is 0 Å². The Morgan fingerprint density at radius 3 is 2.90 bits per heavy atom. The molecule has 0 radical (unpaired) electrons. The van der Waals surface area contributed by atoms with E-state index in [2.05, 4.69) is 10.1 Å². The third-order valence-corrected chi connectivity index (χ3v) is 2.81. The zero-order valence-electron chi connectivity index (χ0n) is 11.6. The number of rotatable bonds is 6. The number of hydrogen-bond acceptors (Lipinski definition) is 5. The van der Waals surface area contributed by atoms with Gasteiger partial charge in [0, 0.05) is 24.1 Å². The molecular weight excluding hydrogens is 261 g/mol. The molecule has 0 fully saturated rings. The molecule has 0 spiro atoms. The van der Waals surface area contributed by atoms with Gasteiger partial charge in [-0.2, -0.15) is 4.98 Å². The van der Waals surface area contributed by atoms with Crippen molar-refractivity contribution in [3.63, 3.8) is 0 Å². The summed E-state index contributed by atoms with van der Waals surface area (Å²) in [5, 5.41) is 3.82. The number of ether oxygens (including phenoxy) is 1. The van der Waals surface area contributed by atoms with Gasteiger partial charge >= 0.3 is 0 Å². The second-order valence-corrected chi connectivity index (χ2v) is 4.62. The van der Waals surface area contributed by atoms with Gasteiger partial charge in [-0.05, 0) is 19.4 Å². The number of aromatic nitrogens is 2. The minimum Gasteiger partial charge on any atom is -0.484 e. The standard InChI is InChI=1S/C14H18FN3O2/c1-3-4-13-17-14(20-18-13)8-19-10-5-6-11(9(2)16)12(15)7-10/h5-7,9H,3-4,8,16H2,1-2H3/t9-/m0/s1. The summed E-state index contributed by atoms with van der Waals surface area (Å²) < 4.78 is 24.2. The van der Waals surface area contributed by atoms with Crippen molar-refractivity contribution in [2.45, 2.75) is 39.3 Å². The third-order valence-electron chi connectivity index (χ3n) is 2.81. The average Bonchev–Trinajstić information content (AvgIpc) is 2.84. The van der Waals surface area contributed by atoms with Gasteiger partial charge in [-0.1, -0.05) is 18.1 Å². The van der Waals surface area contributed by atoms with Crippen LogP contribution in [-0.2, 0) is 13.0 Å². The molecule has 0 saturated heterocycles. The first-order chi connectivity index (χ1) is 9.60. The van der Waals surface area contributed by atoms with Gasteiger partial charge in [-0.3, -0.25) is 0 Å². The Balaban J connectivity index is 1.98. The summed E-state index contributed by atoms with van der Waals surface area (Å²) in [6.07, 6.45) is 1.71. The zero-order chi connectivity index (χ0) is 14.5. The van der Waals surface area contributed by atoms with Gasteiger partial charge in [0.25, 0.3) is 5.89 Å². The van der Waals surface area contributed by atoms with E-state index < -0.39 is 0 Å². The summed E-state index contributed by atoms with van der Waals surface area (Å²) in [7, 11) is 0. The van der Waals surface area contributed by atoms with E-state index in [0.717, 1.165) is 12.8 Å². The van der Waals surface area contributed by atoms with E-state index in [0.29, 0.717) is 23.0 Å². The quantitative estimate of drug-likeness (QED) is 0.880. The zero-order valence-corrected chi connectivity index (χ0v) is 11.6. The highest BCUT2D eigenvalue weighted by Crippen LogP contribution is 2.21. The van der Waals surface area contributed by atoms with Crippen LogP contribution in [0.25, 0.3) is 0 Å². The Bertz CT molecular complexity index is 569. The molecule has 2 aromatic rings. The van der Waals surface area contributed by atoms with Gasteiger partial charge in [-0.25, -0.2) is 4.39 Å². The maximum absolute atomic E-state index is 13.7. The van der Waals surface area contributed by atoms with Gasteiger partial charge in [-0.15, -0.1) is 0 Å². The molecule has 2 N–H and O–H groups in total. The lowest BCUT2D eigenvalue weighted by molar-refractivity contribution is 0.241. The molecule has 1 aromatic heterocycles. The molecular formula is C14H18FN3O2. The maximum Gasteiger partial charge on any atom is 0.264 e. The number of halogens is 1. The van der Waals surface area contributed by atoms with Crippen LogP contribution in [0.1, 0.15) is 43.6 Å². The van der Waals surface area contributed by atoms with Crippen LogP contribution in [-0.4, -0.2) is 10.1 Å². The van der Waals surface area contributed by atoms with Crippen molar-refractivity contribution >= 4 is 0 Å². The molecule has 5 nitrogen and oxygen atoms in total. The molecule has 6 heteroatoms. The average molecular weight is 279 g/mol. The van der Waals surface area contributed by atoms with Crippen LogP contribution in [0.5, 0.6) is 5.75 Å². The van der Waals surface area contributed by atoms with E-state index in [1.807, 2.05) is 6.92 Å². The van der Waals surface area contributed by atoms with Crippen molar-refractivity contribution in [3.8, 4) is 5.75 Å². The lowest BCUT2D eigenvalue weighted by Crippen LogP contribution is -2.07. The predicted octanol–water partition coefficient (Wildman–Crippen LogP) is 2.76. The lowest BCUT2D eigenvalue weighted by atomic mass is 10.1.